The summed E-state index contributed by atoms with van der Waals surface area (Å²) in [6, 6.07) is 12.6. The Morgan fingerprint density at radius 1 is 1.09 bits per heavy atom. The zero-order chi connectivity index (χ0) is 24.0. The number of nitrogens with zero attached hydrogens (tertiary/aromatic N) is 2. The number of piperazine rings is 1. The van der Waals surface area contributed by atoms with Gasteiger partial charge < -0.3 is 10.6 Å². The van der Waals surface area contributed by atoms with E-state index in [0.29, 0.717) is 43.2 Å². The van der Waals surface area contributed by atoms with Crippen LogP contribution in [-0.4, -0.2) is 62.1 Å². The SMILES string of the molecule is NC(=O)S(=O)(=O)NCC(c1ccccc1F)N1CCN(C(=O)[CH]Cc2ccc(Cl)cc2)CC1. The number of primary amides is 1. The second-order valence-corrected chi connectivity index (χ2v) is 9.74. The predicted octanol–water partition coefficient (Wildman–Crippen LogP) is 2.11. The van der Waals surface area contributed by atoms with Crippen LogP contribution in [-0.2, 0) is 21.2 Å². The van der Waals surface area contributed by atoms with Crippen molar-refractivity contribution in [3.63, 3.8) is 0 Å². The number of rotatable bonds is 8. The van der Waals surface area contributed by atoms with Gasteiger partial charge in [-0.2, -0.15) is 0 Å². The minimum absolute atomic E-state index is 0.110. The van der Waals surface area contributed by atoms with Crippen molar-refractivity contribution >= 4 is 32.8 Å². The van der Waals surface area contributed by atoms with E-state index >= 15 is 0 Å². The van der Waals surface area contributed by atoms with Crippen LogP contribution in [0.15, 0.2) is 48.5 Å². The monoisotopic (exact) mass is 495 g/mol. The largest absolute Gasteiger partial charge is 0.355 e. The third-order valence-corrected chi connectivity index (χ3v) is 6.82. The maximum atomic E-state index is 14.5. The summed E-state index contributed by atoms with van der Waals surface area (Å²) in [5, 5.41) is -0.870. The molecular weight excluding hydrogens is 471 g/mol. The van der Waals surface area contributed by atoms with Crippen LogP contribution < -0.4 is 10.5 Å². The molecule has 2 aromatic carbocycles. The molecular formula is C22H25ClFN4O4S. The molecule has 1 atom stereocenters. The highest BCUT2D eigenvalue weighted by molar-refractivity contribution is 8.04. The van der Waals surface area contributed by atoms with Crippen molar-refractivity contribution in [2.75, 3.05) is 32.7 Å². The van der Waals surface area contributed by atoms with E-state index in [1.165, 1.54) is 12.1 Å². The molecule has 11 heteroatoms. The Bertz CT molecular complexity index is 1090. The van der Waals surface area contributed by atoms with Crippen molar-refractivity contribution in [2.24, 2.45) is 5.73 Å². The van der Waals surface area contributed by atoms with Gasteiger partial charge in [-0.3, -0.25) is 14.5 Å². The average molecular weight is 496 g/mol. The standard InChI is InChI=1S/C22H25ClFN4O4S/c23-17-8-5-16(6-9-17)7-10-21(29)28-13-11-27(12-14-28)20(15-26-33(31,32)22(25)30)18-3-1-2-4-19(18)24/h1-6,8-10,20,26H,7,11-15H2,(H2,25,30). The fourth-order valence-electron chi connectivity index (χ4n) is 3.65. The van der Waals surface area contributed by atoms with Gasteiger partial charge in [0.15, 0.2) is 0 Å². The van der Waals surface area contributed by atoms with Gasteiger partial charge in [-0.25, -0.2) is 17.5 Å². The normalized spacial score (nSPS) is 15.9. The molecule has 33 heavy (non-hydrogen) atoms. The second-order valence-electron chi connectivity index (χ2n) is 7.60. The highest BCUT2D eigenvalue weighted by Gasteiger charge is 2.30. The van der Waals surface area contributed by atoms with Crippen LogP contribution in [0.3, 0.4) is 0 Å². The van der Waals surface area contributed by atoms with Gasteiger partial charge in [-0.1, -0.05) is 41.9 Å². The lowest BCUT2D eigenvalue weighted by atomic mass is 10.0. The quantitative estimate of drug-likeness (QED) is 0.582. The molecule has 0 aliphatic carbocycles. The number of halogens is 2. The minimum Gasteiger partial charge on any atom is -0.355 e. The first-order valence-corrected chi connectivity index (χ1v) is 12.2. The Kier molecular flexibility index (Phi) is 8.41. The first kappa shape index (κ1) is 25.1. The number of carbonyl (C=O) groups is 2. The van der Waals surface area contributed by atoms with Gasteiger partial charge in [0.2, 0.25) is 5.91 Å². The molecule has 1 aliphatic heterocycles. The van der Waals surface area contributed by atoms with Crippen LogP contribution in [0.2, 0.25) is 5.02 Å². The second kappa shape index (κ2) is 11.1. The fraction of sp³-hybridized carbons (Fsp3) is 0.318. The van der Waals surface area contributed by atoms with Crippen LogP contribution in [0.5, 0.6) is 0 Å². The third-order valence-electron chi connectivity index (χ3n) is 5.49. The molecule has 1 fully saturated rings. The fourth-order valence-corrected chi connectivity index (χ4v) is 4.30. The van der Waals surface area contributed by atoms with Crippen LogP contribution >= 0.6 is 11.6 Å². The van der Waals surface area contributed by atoms with Crippen molar-refractivity contribution in [1.29, 1.82) is 0 Å². The van der Waals surface area contributed by atoms with E-state index in [2.05, 4.69) is 4.72 Å². The summed E-state index contributed by atoms with van der Waals surface area (Å²) in [6.07, 6.45) is 2.08. The molecule has 3 N–H and O–H groups in total. The van der Waals surface area contributed by atoms with Crippen molar-refractivity contribution in [2.45, 2.75) is 12.5 Å². The minimum atomic E-state index is -4.35. The van der Waals surface area contributed by atoms with Gasteiger partial charge in [0.1, 0.15) is 5.82 Å². The van der Waals surface area contributed by atoms with Gasteiger partial charge in [0.25, 0.3) is 10.0 Å². The zero-order valence-electron chi connectivity index (χ0n) is 17.8. The van der Waals surface area contributed by atoms with Gasteiger partial charge in [-0.05, 0) is 30.2 Å². The van der Waals surface area contributed by atoms with E-state index in [0.717, 1.165) is 5.56 Å². The molecule has 1 unspecified atom stereocenters. The lowest BCUT2D eigenvalue weighted by molar-refractivity contribution is -0.129. The molecule has 177 valence electrons. The van der Waals surface area contributed by atoms with Crippen LogP contribution in [0.1, 0.15) is 17.2 Å². The molecule has 3 rings (SSSR count). The molecule has 8 nitrogen and oxygen atoms in total. The lowest BCUT2D eigenvalue weighted by Gasteiger charge is -2.39. The van der Waals surface area contributed by atoms with Crippen LogP contribution in [0, 0.1) is 12.2 Å². The Balaban J connectivity index is 1.62. The summed E-state index contributed by atoms with van der Waals surface area (Å²) < 4.78 is 40.3. The molecule has 0 aromatic heterocycles. The van der Waals surface area contributed by atoms with Gasteiger partial charge >= 0.3 is 5.24 Å². The maximum absolute atomic E-state index is 14.5. The van der Waals surface area contributed by atoms with Crippen molar-refractivity contribution in [3.05, 3.63) is 76.9 Å². The van der Waals surface area contributed by atoms with Gasteiger partial charge in [-0.15, -0.1) is 0 Å². The third kappa shape index (κ3) is 6.73. The van der Waals surface area contributed by atoms with E-state index in [4.69, 9.17) is 17.3 Å². The first-order chi connectivity index (χ1) is 15.7. The topological polar surface area (TPSA) is 113 Å². The Morgan fingerprint density at radius 2 is 1.73 bits per heavy atom. The smallest absolute Gasteiger partial charge is 0.349 e. The molecule has 2 aromatic rings. The number of hydrogen-bond donors (Lipinski definition) is 2. The summed E-state index contributed by atoms with van der Waals surface area (Å²) in [7, 11) is -4.35. The highest BCUT2D eigenvalue weighted by atomic mass is 35.5. The summed E-state index contributed by atoms with van der Waals surface area (Å²) in [6.45, 7) is 1.35. The molecule has 0 spiro atoms. The molecule has 1 radical (unpaired) electrons. The van der Waals surface area contributed by atoms with E-state index in [1.54, 1.807) is 35.6 Å². The van der Waals surface area contributed by atoms with E-state index in [-0.39, 0.29) is 12.5 Å². The first-order valence-electron chi connectivity index (χ1n) is 10.3. The zero-order valence-corrected chi connectivity index (χ0v) is 19.4. The summed E-state index contributed by atoms with van der Waals surface area (Å²) >= 11 is 5.88. The van der Waals surface area contributed by atoms with Gasteiger partial charge in [0, 0.05) is 43.3 Å². The van der Waals surface area contributed by atoms with E-state index < -0.39 is 27.1 Å². The molecule has 2 amide bonds. The maximum Gasteiger partial charge on any atom is 0.349 e. The number of carbonyl (C=O) groups excluding carboxylic acids is 2. The molecule has 0 bridgehead atoms. The Hall–Kier alpha value is -2.53. The summed E-state index contributed by atoms with van der Waals surface area (Å²) in [4.78, 5) is 27.3. The number of hydrogen-bond acceptors (Lipinski definition) is 5. The Morgan fingerprint density at radius 3 is 2.33 bits per heavy atom. The van der Waals surface area contributed by atoms with Gasteiger partial charge in [0.05, 0.1) is 12.5 Å². The molecule has 0 saturated carbocycles. The number of sulfonamides is 1. The number of benzene rings is 2. The summed E-state index contributed by atoms with van der Waals surface area (Å²) in [5.74, 6) is -0.600. The highest BCUT2D eigenvalue weighted by Crippen LogP contribution is 2.25. The van der Waals surface area contributed by atoms with Crippen molar-refractivity contribution < 1.29 is 22.4 Å². The van der Waals surface area contributed by atoms with E-state index in [9.17, 15) is 22.4 Å². The summed E-state index contributed by atoms with van der Waals surface area (Å²) in [5.41, 5.74) is 6.16. The predicted molar refractivity (Wildman–Crippen MR) is 123 cm³/mol. The number of amides is 2. The molecule has 1 aliphatic rings. The number of nitrogens with two attached hydrogens (primary N) is 1. The number of nitrogens with one attached hydrogen (secondary N) is 1. The van der Waals surface area contributed by atoms with Crippen molar-refractivity contribution in [3.8, 4) is 0 Å². The lowest BCUT2D eigenvalue weighted by Crippen LogP contribution is -2.52. The van der Waals surface area contributed by atoms with Crippen molar-refractivity contribution in [1.82, 2.24) is 14.5 Å². The van der Waals surface area contributed by atoms with E-state index in [1.807, 2.05) is 17.0 Å². The molecule has 1 saturated heterocycles. The Labute approximate surface area is 197 Å². The molecule has 1 heterocycles. The van der Waals surface area contributed by atoms with Crippen LogP contribution in [0.25, 0.3) is 0 Å². The van der Waals surface area contributed by atoms with Crippen LogP contribution in [0.4, 0.5) is 9.18 Å². The average Bonchev–Trinajstić information content (AvgIpc) is 2.80.